The highest BCUT2D eigenvalue weighted by molar-refractivity contribution is 7.89. The summed E-state index contributed by atoms with van der Waals surface area (Å²) in [6.45, 7) is 4.64. The van der Waals surface area contributed by atoms with Crippen LogP contribution >= 0.6 is 0 Å². The molecule has 0 aromatic carbocycles. The summed E-state index contributed by atoms with van der Waals surface area (Å²) in [4.78, 5) is 10.3. The quantitative estimate of drug-likeness (QED) is 0.598. The van der Waals surface area contributed by atoms with Gasteiger partial charge in [0, 0.05) is 0 Å². The Hall–Kier alpha value is -0.880. The minimum atomic E-state index is -3.49. The second kappa shape index (κ2) is 4.98. The van der Waals surface area contributed by atoms with Crippen molar-refractivity contribution in [3.8, 4) is 0 Å². The van der Waals surface area contributed by atoms with Gasteiger partial charge < -0.3 is 5.11 Å². The fourth-order valence-electron chi connectivity index (χ4n) is 0.617. The highest BCUT2D eigenvalue weighted by atomic mass is 32.2. The molecule has 0 amide bonds. The van der Waals surface area contributed by atoms with E-state index in [4.69, 9.17) is 5.11 Å². The minimum absolute atomic E-state index is 0.131. The molecule has 0 aliphatic rings. The third-order valence-electron chi connectivity index (χ3n) is 1.32. The summed E-state index contributed by atoms with van der Waals surface area (Å²) in [7, 11) is -3.49. The van der Waals surface area contributed by atoms with Crippen molar-refractivity contribution in [2.45, 2.75) is 19.4 Å². The molecule has 0 saturated heterocycles. The summed E-state index contributed by atoms with van der Waals surface area (Å²) in [5, 5.41) is 8.42. The van der Waals surface area contributed by atoms with Crippen LogP contribution in [0.5, 0.6) is 0 Å². The molecule has 76 valence electrons. The van der Waals surface area contributed by atoms with Crippen LogP contribution in [0.1, 0.15) is 13.3 Å². The van der Waals surface area contributed by atoms with Gasteiger partial charge in [-0.15, -0.1) is 6.58 Å². The largest absolute Gasteiger partial charge is 0.480 e. The Morgan fingerprint density at radius 3 is 2.62 bits per heavy atom. The molecule has 0 aliphatic heterocycles. The van der Waals surface area contributed by atoms with Gasteiger partial charge >= 0.3 is 5.97 Å². The van der Waals surface area contributed by atoms with Crippen molar-refractivity contribution in [1.82, 2.24) is 4.72 Å². The molecule has 0 heterocycles. The average Bonchev–Trinajstić information content (AvgIpc) is 2.00. The van der Waals surface area contributed by atoms with Crippen LogP contribution in [0.15, 0.2) is 12.7 Å². The molecule has 0 aliphatic carbocycles. The van der Waals surface area contributed by atoms with Crippen molar-refractivity contribution in [3.05, 3.63) is 12.7 Å². The van der Waals surface area contributed by atoms with E-state index in [2.05, 4.69) is 6.58 Å². The van der Waals surface area contributed by atoms with Gasteiger partial charge in [-0.1, -0.05) is 6.08 Å². The summed E-state index contributed by atoms with van der Waals surface area (Å²) in [5.41, 5.74) is 0. The fraction of sp³-hybridized carbons (Fsp3) is 0.571. The van der Waals surface area contributed by atoms with Gasteiger partial charge in [-0.2, -0.15) is 0 Å². The number of hydrogen-bond acceptors (Lipinski definition) is 3. The molecule has 5 nitrogen and oxygen atoms in total. The van der Waals surface area contributed by atoms with Crippen molar-refractivity contribution in [3.63, 3.8) is 0 Å². The first-order valence-electron chi connectivity index (χ1n) is 3.73. The van der Waals surface area contributed by atoms with Crippen LogP contribution in [-0.2, 0) is 14.8 Å². The second-order valence-corrected chi connectivity index (χ2v) is 4.45. The molecule has 0 rings (SSSR count). The van der Waals surface area contributed by atoms with E-state index in [9.17, 15) is 13.2 Å². The summed E-state index contributed by atoms with van der Waals surface area (Å²) in [6, 6.07) is -1.09. The Balaban J connectivity index is 4.17. The zero-order chi connectivity index (χ0) is 10.5. The Kier molecular flexibility index (Phi) is 4.64. The zero-order valence-electron chi connectivity index (χ0n) is 7.36. The van der Waals surface area contributed by atoms with Crippen molar-refractivity contribution in [2.24, 2.45) is 0 Å². The molecule has 13 heavy (non-hydrogen) atoms. The molecule has 0 aromatic heterocycles. The molecule has 0 radical (unpaired) electrons. The van der Waals surface area contributed by atoms with Crippen LogP contribution in [0.3, 0.4) is 0 Å². The lowest BCUT2D eigenvalue weighted by Gasteiger charge is -2.08. The summed E-state index contributed by atoms with van der Waals surface area (Å²) in [6.07, 6.45) is 1.77. The minimum Gasteiger partial charge on any atom is -0.480 e. The molecular weight excluding hydrogens is 194 g/mol. The number of sulfonamides is 1. The summed E-state index contributed by atoms with van der Waals surface area (Å²) in [5.74, 6) is -1.32. The highest BCUT2D eigenvalue weighted by Gasteiger charge is 2.18. The van der Waals surface area contributed by atoms with Crippen molar-refractivity contribution < 1.29 is 18.3 Å². The number of carboxylic acid groups (broad SMARTS) is 1. The monoisotopic (exact) mass is 207 g/mol. The van der Waals surface area contributed by atoms with Gasteiger partial charge in [0.25, 0.3) is 0 Å². The lowest BCUT2D eigenvalue weighted by Crippen LogP contribution is -2.39. The Morgan fingerprint density at radius 2 is 2.23 bits per heavy atom. The Labute approximate surface area is 77.5 Å². The molecule has 0 unspecified atom stereocenters. The average molecular weight is 207 g/mol. The summed E-state index contributed by atoms with van der Waals surface area (Å²) < 4.78 is 24.2. The van der Waals surface area contributed by atoms with E-state index in [0.717, 1.165) is 0 Å². The van der Waals surface area contributed by atoms with Gasteiger partial charge in [0.1, 0.15) is 6.04 Å². The van der Waals surface area contributed by atoms with Gasteiger partial charge in [0.15, 0.2) is 0 Å². The number of allylic oxidation sites excluding steroid dienone is 1. The molecule has 2 N–H and O–H groups in total. The number of nitrogens with one attached hydrogen (secondary N) is 1. The number of aliphatic carboxylic acids is 1. The van der Waals surface area contributed by atoms with E-state index in [-0.39, 0.29) is 5.75 Å². The topological polar surface area (TPSA) is 83.5 Å². The van der Waals surface area contributed by atoms with E-state index in [1.54, 1.807) is 0 Å². The number of carboxylic acids is 1. The van der Waals surface area contributed by atoms with Crippen LogP contribution < -0.4 is 4.72 Å². The maximum atomic E-state index is 11.1. The number of hydrogen-bond donors (Lipinski definition) is 2. The van der Waals surface area contributed by atoms with E-state index < -0.39 is 22.0 Å². The highest BCUT2D eigenvalue weighted by Crippen LogP contribution is 1.93. The van der Waals surface area contributed by atoms with Gasteiger partial charge in [0.05, 0.1) is 5.75 Å². The van der Waals surface area contributed by atoms with E-state index in [1.165, 1.54) is 13.0 Å². The van der Waals surface area contributed by atoms with Crippen molar-refractivity contribution in [1.29, 1.82) is 0 Å². The standard InChI is InChI=1S/C7H13NO4S/c1-3-4-5-13(11,12)8-6(2)7(9)10/h3,6,8H,1,4-5H2,2H3,(H,9,10)/t6-/m0/s1. The molecule has 0 spiro atoms. The first-order chi connectivity index (χ1) is 5.89. The Morgan fingerprint density at radius 1 is 1.69 bits per heavy atom. The number of carbonyl (C=O) groups is 1. The third kappa shape index (κ3) is 5.37. The van der Waals surface area contributed by atoms with Gasteiger partial charge in [-0.25, -0.2) is 13.1 Å². The van der Waals surface area contributed by atoms with Crippen LogP contribution in [0.4, 0.5) is 0 Å². The molecule has 1 atom stereocenters. The molecular formula is C7H13NO4S. The first kappa shape index (κ1) is 12.1. The van der Waals surface area contributed by atoms with Gasteiger partial charge in [-0.3, -0.25) is 4.79 Å². The first-order valence-corrected chi connectivity index (χ1v) is 5.38. The molecule has 0 bridgehead atoms. The van der Waals surface area contributed by atoms with Crippen molar-refractivity contribution in [2.75, 3.05) is 5.75 Å². The molecule has 6 heteroatoms. The predicted molar refractivity (Wildman–Crippen MR) is 48.8 cm³/mol. The van der Waals surface area contributed by atoms with E-state index in [1.807, 2.05) is 4.72 Å². The lowest BCUT2D eigenvalue weighted by atomic mass is 10.4. The zero-order valence-corrected chi connectivity index (χ0v) is 8.17. The van der Waals surface area contributed by atoms with Crippen LogP contribution in [0, 0.1) is 0 Å². The SMILES string of the molecule is C=CCCS(=O)(=O)N[C@@H](C)C(=O)O. The van der Waals surface area contributed by atoms with Gasteiger partial charge in [0.2, 0.25) is 10.0 Å². The van der Waals surface area contributed by atoms with Crippen LogP contribution in [0.25, 0.3) is 0 Å². The van der Waals surface area contributed by atoms with E-state index >= 15 is 0 Å². The second-order valence-electron chi connectivity index (χ2n) is 2.57. The summed E-state index contributed by atoms with van der Waals surface area (Å²) >= 11 is 0. The van der Waals surface area contributed by atoms with Crippen LogP contribution in [-0.4, -0.2) is 31.3 Å². The van der Waals surface area contributed by atoms with E-state index in [0.29, 0.717) is 6.42 Å². The predicted octanol–water partition coefficient (Wildman–Crippen LogP) is -0.0450. The third-order valence-corrected chi connectivity index (χ3v) is 2.80. The maximum absolute atomic E-state index is 11.1. The van der Waals surface area contributed by atoms with Gasteiger partial charge in [-0.05, 0) is 13.3 Å². The van der Waals surface area contributed by atoms with Crippen LogP contribution in [0.2, 0.25) is 0 Å². The lowest BCUT2D eigenvalue weighted by molar-refractivity contribution is -0.138. The maximum Gasteiger partial charge on any atom is 0.321 e. The molecule has 0 aromatic rings. The fourth-order valence-corrected chi connectivity index (χ4v) is 1.85. The number of rotatable bonds is 6. The Bertz CT molecular complexity index is 283. The molecule has 0 fully saturated rings. The van der Waals surface area contributed by atoms with Crippen molar-refractivity contribution >= 4 is 16.0 Å². The smallest absolute Gasteiger partial charge is 0.321 e. The normalized spacial score (nSPS) is 13.6. The molecule has 0 saturated carbocycles.